The normalized spacial score (nSPS) is 15.4. The smallest absolute Gasteiger partial charge is 0.161 e. The number of ether oxygens (including phenoxy) is 2. The van der Waals surface area contributed by atoms with Crippen molar-refractivity contribution in [2.24, 2.45) is 5.92 Å². The Balaban J connectivity index is 2.22. The number of hydrogen-bond acceptors (Lipinski definition) is 3. The molecule has 0 saturated carbocycles. The largest absolute Gasteiger partial charge is 0.486 e. The van der Waals surface area contributed by atoms with E-state index in [0.29, 0.717) is 25.2 Å². The van der Waals surface area contributed by atoms with Crippen molar-refractivity contribution in [2.75, 3.05) is 19.8 Å². The van der Waals surface area contributed by atoms with Crippen LogP contribution in [0, 0.1) is 5.92 Å². The summed E-state index contributed by atoms with van der Waals surface area (Å²) in [4.78, 5) is 0. The molecule has 0 fully saturated rings. The van der Waals surface area contributed by atoms with E-state index in [-0.39, 0.29) is 0 Å². The van der Waals surface area contributed by atoms with E-state index < -0.39 is 0 Å². The van der Waals surface area contributed by atoms with Gasteiger partial charge in [-0.05, 0) is 36.6 Å². The predicted molar refractivity (Wildman–Crippen MR) is 82.5 cm³/mol. The lowest BCUT2D eigenvalue weighted by Crippen LogP contribution is -2.29. The van der Waals surface area contributed by atoms with Crippen molar-refractivity contribution in [1.82, 2.24) is 5.32 Å². The standard InChI is InChI=1S/C17H27NO2/c1-4-9-18-17(13(5-2)6-3)14-7-8-15-16(12-14)20-11-10-19-15/h7-8,12-13,17-18H,4-6,9-11H2,1-3H3. The van der Waals surface area contributed by atoms with Crippen molar-refractivity contribution < 1.29 is 9.47 Å². The molecule has 1 aromatic rings. The maximum atomic E-state index is 5.71. The van der Waals surface area contributed by atoms with Gasteiger partial charge < -0.3 is 14.8 Å². The molecule has 1 unspecified atom stereocenters. The number of rotatable bonds is 7. The van der Waals surface area contributed by atoms with Crippen molar-refractivity contribution >= 4 is 0 Å². The summed E-state index contributed by atoms with van der Waals surface area (Å²) in [7, 11) is 0. The molecule has 0 bridgehead atoms. The van der Waals surface area contributed by atoms with Crippen LogP contribution in [0.5, 0.6) is 11.5 Å². The maximum absolute atomic E-state index is 5.71. The highest BCUT2D eigenvalue weighted by atomic mass is 16.6. The van der Waals surface area contributed by atoms with Gasteiger partial charge in [-0.25, -0.2) is 0 Å². The number of benzene rings is 1. The van der Waals surface area contributed by atoms with Gasteiger partial charge in [0.2, 0.25) is 0 Å². The summed E-state index contributed by atoms with van der Waals surface area (Å²) in [5.41, 5.74) is 1.32. The third-order valence-electron chi connectivity index (χ3n) is 4.06. The van der Waals surface area contributed by atoms with Crippen LogP contribution in [0.15, 0.2) is 18.2 Å². The van der Waals surface area contributed by atoms with Gasteiger partial charge >= 0.3 is 0 Å². The average molecular weight is 277 g/mol. The van der Waals surface area contributed by atoms with Gasteiger partial charge in [-0.15, -0.1) is 0 Å². The number of hydrogen-bond donors (Lipinski definition) is 1. The van der Waals surface area contributed by atoms with Crippen LogP contribution in [0.25, 0.3) is 0 Å². The van der Waals surface area contributed by atoms with E-state index in [9.17, 15) is 0 Å². The van der Waals surface area contributed by atoms with Crippen LogP contribution in [0.3, 0.4) is 0 Å². The van der Waals surface area contributed by atoms with E-state index >= 15 is 0 Å². The minimum atomic E-state index is 0.403. The molecule has 3 heteroatoms. The van der Waals surface area contributed by atoms with Crippen LogP contribution < -0.4 is 14.8 Å². The number of fused-ring (bicyclic) bond motifs is 1. The summed E-state index contributed by atoms with van der Waals surface area (Å²) in [5, 5.41) is 3.70. The van der Waals surface area contributed by atoms with Crippen molar-refractivity contribution in [2.45, 2.75) is 46.1 Å². The monoisotopic (exact) mass is 277 g/mol. The van der Waals surface area contributed by atoms with Crippen LogP contribution >= 0.6 is 0 Å². The van der Waals surface area contributed by atoms with Crippen LogP contribution in [-0.4, -0.2) is 19.8 Å². The summed E-state index contributed by atoms with van der Waals surface area (Å²) < 4.78 is 11.3. The summed E-state index contributed by atoms with van der Waals surface area (Å²) in [6.07, 6.45) is 3.53. The zero-order valence-electron chi connectivity index (χ0n) is 12.9. The van der Waals surface area contributed by atoms with Gasteiger partial charge in [-0.1, -0.05) is 39.7 Å². The maximum Gasteiger partial charge on any atom is 0.161 e. The van der Waals surface area contributed by atoms with E-state index in [4.69, 9.17) is 9.47 Å². The summed E-state index contributed by atoms with van der Waals surface area (Å²) in [5.74, 6) is 2.42. The molecule has 1 aliphatic heterocycles. The van der Waals surface area contributed by atoms with Crippen LogP contribution in [0.1, 0.15) is 51.6 Å². The molecule has 1 atom stereocenters. The van der Waals surface area contributed by atoms with E-state index in [1.54, 1.807) is 0 Å². The zero-order valence-corrected chi connectivity index (χ0v) is 12.9. The lowest BCUT2D eigenvalue weighted by atomic mass is 9.88. The fourth-order valence-corrected chi connectivity index (χ4v) is 2.87. The van der Waals surface area contributed by atoms with Gasteiger partial charge in [-0.2, -0.15) is 0 Å². The fourth-order valence-electron chi connectivity index (χ4n) is 2.87. The van der Waals surface area contributed by atoms with Gasteiger partial charge in [0.25, 0.3) is 0 Å². The molecule has 0 amide bonds. The first-order valence-electron chi connectivity index (χ1n) is 7.93. The molecule has 0 aromatic heterocycles. The van der Waals surface area contributed by atoms with Gasteiger partial charge in [0.15, 0.2) is 11.5 Å². The van der Waals surface area contributed by atoms with Gasteiger partial charge in [0.1, 0.15) is 13.2 Å². The molecule has 0 spiro atoms. The van der Waals surface area contributed by atoms with E-state index in [0.717, 1.165) is 24.5 Å². The first-order chi connectivity index (χ1) is 9.80. The third-order valence-corrected chi connectivity index (χ3v) is 4.06. The zero-order chi connectivity index (χ0) is 14.4. The summed E-state index contributed by atoms with van der Waals surface area (Å²) >= 11 is 0. The quantitative estimate of drug-likeness (QED) is 0.819. The fraction of sp³-hybridized carbons (Fsp3) is 0.647. The van der Waals surface area contributed by atoms with Crippen molar-refractivity contribution in [3.8, 4) is 11.5 Å². The Bertz CT molecular complexity index is 415. The molecule has 1 N–H and O–H groups in total. The van der Waals surface area contributed by atoms with Gasteiger partial charge in [0, 0.05) is 6.04 Å². The lowest BCUT2D eigenvalue weighted by molar-refractivity contribution is 0.171. The SMILES string of the molecule is CCCNC(c1ccc2c(c1)OCCO2)C(CC)CC. The highest BCUT2D eigenvalue weighted by Gasteiger charge is 2.22. The van der Waals surface area contributed by atoms with Crippen molar-refractivity contribution in [3.05, 3.63) is 23.8 Å². The van der Waals surface area contributed by atoms with E-state index in [1.165, 1.54) is 18.4 Å². The summed E-state index contributed by atoms with van der Waals surface area (Å²) in [6, 6.07) is 6.78. The Morgan fingerprint density at radius 2 is 1.75 bits per heavy atom. The van der Waals surface area contributed by atoms with E-state index in [2.05, 4.69) is 38.2 Å². The molecule has 1 heterocycles. The minimum Gasteiger partial charge on any atom is -0.486 e. The van der Waals surface area contributed by atoms with Gasteiger partial charge in [0.05, 0.1) is 0 Å². The Morgan fingerprint density at radius 1 is 1.05 bits per heavy atom. The first kappa shape index (κ1) is 15.2. The molecule has 112 valence electrons. The third kappa shape index (κ3) is 3.45. The van der Waals surface area contributed by atoms with Crippen LogP contribution in [0.2, 0.25) is 0 Å². The minimum absolute atomic E-state index is 0.403. The lowest BCUT2D eigenvalue weighted by Gasteiger charge is -2.28. The second kappa shape index (κ2) is 7.53. The van der Waals surface area contributed by atoms with Crippen molar-refractivity contribution in [1.29, 1.82) is 0 Å². The summed E-state index contributed by atoms with van der Waals surface area (Å²) in [6.45, 7) is 9.10. The van der Waals surface area contributed by atoms with Gasteiger partial charge in [-0.3, -0.25) is 0 Å². The number of nitrogens with one attached hydrogen (secondary N) is 1. The molecule has 0 radical (unpaired) electrons. The molecule has 3 nitrogen and oxygen atoms in total. The second-order valence-corrected chi connectivity index (χ2v) is 5.41. The molecule has 20 heavy (non-hydrogen) atoms. The molecule has 1 aliphatic rings. The molecular weight excluding hydrogens is 250 g/mol. The van der Waals surface area contributed by atoms with Crippen LogP contribution in [-0.2, 0) is 0 Å². The molecule has 0 aliphatic carbocycles. The first-order valence-corrected chi connectivity index (χ1v) is 7.93. The van der Waals surface area contributed by atoms with E-state index in [1.807, 2.05) is 6.07 Å². The van der Waals surface area contributed by atoms with Crippen molar-refractivity contribution in [3.63, 3.8) is 0 Å². The highest BCUT2D eigenvalue weighted by Crippen LogP contribution is 2.35. The predicted octanol–water partition coefficient (Wildman–Crippen LogP) is 3.93. The Morgan fingerprint density at radius 3 is 2.40 bits per heavy atom. The molecule has 2 rings (SSSR count). The highest BCUT2D eigenvalue weighted by molar-refractivity contribution is 5.44. The average Bonchev–Trinajstić information content (AvgIpc) is 2.51. The molecule has 1 aromatic carbocycles. The topological polar surface area (TPSA) is 30.5 Å². The Labute approximate surface area is 122 Å². The Kier molecular flexibility index (Phi) is 5.72. The Hall–Kier alpha value is -1.22. The molecular formula is C17H27NO2. The van der Waals surface area contributed by atoms with Crippen LogP contribution in [0.4, 0.5) is 0 Å². The second-order valence-electron chi connectivity index (χ2n) is 5.41. The molecule has 0 saturated heterocycles.